The van der Waals surface area contributed by atoms with Crippen LogP contribution in [0.4, 0.5) is 9.18 Å². The molecule has 0 unspecified atom stereocenters. The molecule has 0 aromatic heterocycles. The Bertz CT molecular complexity index is 1020. The number of hydrogen-bond acceptors (Lipinski definition) is 5. The van der Waals surface area contributed by atoms with E-state index in [-0.39, 0.29) is 24.6 Å². The van der Waals surface area contributed by atoms with Crippen LogP contribution in [0, 0.1) is 5.82 Å². The van der Waals surface area contributed by atoms with Gasteiger partial charge in [0, 0.05) is 12.1 Å². The fourth-order valence-corrected chi connectivity index (χ4v) is 3.56. The highest BCUT2D eigenvalue weighted by Crippen LogP contribution is 2.34. The van der Waals surface area contributed by atoms with E-state index in [2.05, 4.69) is 10.6 Å². The smallest absolute Gasteiger partial charge is 0.322 e. The van der Waals surface area contributed by atoms with Crippen molar-refractivity contribution in [1.29, 1.82) is 0 Å². The van der Waals surface area contributed by atoms with Crippen molar-refractivity contribution >= 4 is 17.8 Å². The molecule has 28 heavy (non-hydrogen) atoms. The van der Waals surface area contributed by atoms with E-state index in [0.717, 1.165) is 17.7 Å². The van der Waals surface area contributed by atoms with Crippen LogP contribution in [0.2, 0.25) is 0 Å². The number of phenolic OH excluding ortho intramolecular Hbond substituents is 1. The monoisotopic (exact) mass is 385 g/mol. The zero-order valence-corrected chi connectivity index (χ0v) is 14.8. The molecule has 2 heterocycles. The van der Waals surface area contributed by atoms with E-state index >= 15 is 0 Å². The number of imide groups is 1. The summed E-state index contributed by atoms with van der Waals surface area (Å²) in [5.41, 5.74) is -0.283. The van der Waals surface area contributed by atoms with Gasteiger partial charge in [-0.25, -0.2) is 9.18 Å². The topological polar surface area (TPSA) is 108 Å². The molecule has 144 valence electrons. The van der Waals surface area contributed by atoms with Gasteiger partial charge in [-0.15, -0.1) is 0 Å². The number of amides is 4. The summed E-state index contributed by atoms with van der Waals surface area (Å²) in [5, 5.41) is 14.4. The summed E-state index contributed by atoms with van der Waals surface area (Å²) in [6.07, 6.45) is 0. The van der Waals surface area contributed by atoms with Gasteiger partial charge in [0.1, 0.15) is 5.75 Å². The molecule has 0 radical (unpaired) electrons. The third kappa shape index (κ3) is 2.63. The number of urea groups is 1. The first-order valence-electron chi connectivity index (χ1n) is 8.43. The molecule has 2 aromatic carbocycles. The maximum atomic E-state index is 13.5. The number of nitrogens with zero attached hydrogens (tertiary/aromatic N) is 1. The number of hydrogen-bond donors (Lipinski definition) is 3. The lowest BCUT2D eigenvalue weighted by molar-refractivity contribution is -0.124. The van der Waals surface area contributed by atoms with Crippen LogP contribution >= 0.6 is 0 Å². The van der Waals surface area contributed by atoms with Crippen molar-refractivity contribution in [1.82, 2.24) is 15.5 Å². The van der Waals surface area contributed by atoms with Gasteiger partial charge in [-0.2, -0.15) is 0 Å². The van der Waals surface area contributed by atoms with E-state index in [1.165, 1.54) is 18.1 Å². The number of fused-ring (bicyclic) bond motifs is 1. The van der Waals surface area contributed by atoms with Crippen molar-refractivity contribution in [3.05, 3.63) is 58.9 Å². The molecular formula is C19H16FN3O5. The number of ether oxygens (including phenoxy) is 1. The summed E-state index contributed by atoms with van der Waals surface area (Å²) in [7, 11) is 1.49. The number of phenols is 1. The Hall–Kier alpha value is -3.62. The largest absolute Gasteiger partial charge is 0.505 e. The van der Waals surface area contributed by atoms with E-state index < -0.39 is 29.0 Å². The molecule has 4 amide bonds. The molecule has 0 aliphatic carbocycles. The molecule has 8 nitrogen and oxygen atoms in total. The van der Waals surface area contributed by atoms with Crippen LogP contribution in [0.1, 0.15) is 21.5 Å². The van der Waals surface area contributed by atoms with E-state index in [9.17, 15) is 23.9 Å². The third-order valence-electron chi connectivity index (χ3n) is 5.00. The van der Waals surface area contributed by atoms with Crippen LogP contribution in [0.3, 0.4) is 0 Å². The molecule has 0 spiro atoms. The number of methoxy groups -OCH3 is 1. The van der Waals surface area contributed by atoms with Gasteiger partial charge in [-0.05, 0) is 35.4 Å². The average Bonchev–Trinajstić information content (AvgIpc) is 3.13. The van der Waals surface area contributed by atoms with Gasteiger partial charge in [-0.1, -0.05) is 12.1 Å². The van der Waals surface area contributed by atoms with E-state index in [1.807, 2.05) is 0 Å². The molecule has 1 saturated heterocycles. The highest BCUT2D eigenvalue weighted by molar-refractivity contribution is 6.08. The lowest BCUT2D eigenvalue weighted by atomic mass is 9.89. The summed E-state index contributed by atoms with van der Waals surface area (Å²) >= 11 is 0. The molecule has 2 aliphatic rings. The van der Waals surface area contributed by atoms with Gasteiger partial charge in [0.05, 0.1) is 13.7 Å². The fraction of sp³-hybridized carbons (Fsp3) is 0.211. The molecule has 1 atom stereocenters. The SMILES string of the molecule is COc1ccc2c(c1)C(=O)N(C[C@@]1(c3ccc(F)c(O)c3)NC(=O)NC1=O)C2. The van der Waals surface area contributed by atoms with Crippen LogP contribution in [-0.4, -0.2) is 41.5 Å². The number of carbonyl (C=O) groups excluding carboxylic acids is 3. The van der Waals surface area contributed by atoms with Gasteiger partial charge in [0.15, 0.2) is 17.1 Å². The van der Waals surface area contributed by atoms with Crippen LogP contribution in [0.25, 0.3) is 0 Å². The van der Waals surface area contributed by atoms with Crippen molar-refractivity contribution in [2.45, 2.75) is 12.1 Å². The van der Waals surface area contributed by atoms with Gasteiger partial charge >= 0.3 is 6.03 Å². The second-order valence-corrected chi connectivity index (χ2v) is 6.66. The maximum absolute atomic E-state index is 13.5. The summed E-state index contributed by atoms with van der Waals surface area (Å²) in [6, 6.07) is 7.72. The number of benzene rings is 2. The maximum Gasteiger partial charge on any atom is 0.322 e. The Balaban J connectivity index is 1.72. The second-order valence-electron chi connectivity index (χ2n) is 6.66. The van der Waals surface area contributed by atoms with E-state index in [4.69, 9.17) is 4.74 Å². The first kappa shape index (κ1) is 17.8. The summed E-state index contributed by atoms with van der Waals surface area (Å²) in [5.74, 6) is -2.01. The summed E-state index contributed by atoms with van der Waals surface area (Å²) in [4.78, 5) is 38.8. The van der Waals surface area contributed by atoms with Gasteiger partial charge in [-0.3, -0.25) is 14.9 Å². The van der Waals surface area contributed by atoms with Gasteiger partial charge in [0.2, 0.25) is 0 Å². The standard InChI is InChI=1S/C19H16FN3O5/c1-28-12-4-2-10-8-23(16(25)13(10)7-12)9-19(17(26)21-18(27)22-19)11-3-5-14(20)15(24)6-11/h2-7,24H,8-9H2,1H3,(H2,21,22,26,27)/t19-/m0/s1. The van der Waals surface area contributed by atoms with Crippen LogP contribution < -0.4 is 15.4 Å². The minimum absolute atomic E-state index is 0.163. The second kappa shape index (κ2) is 6.22. The van der Waals surface area contributed by atoms with Crippen LogP contribution in [0.5, 0.6) is 11.5 Å². The molecule has 1 fully saturated rings. The summed E-state index contributed by atoms with van der Waals surface area (Å²) < 4.78 is 18.6. The first-order chi connectivity index (χ1) is 13.3. The normalized spacial score (nSPS) is 20.8. The lowest BCUT2D eigenvalue weighted by Crippen LogP contribution is -2.52. The van der Waals surface area contributed by atoms with Gasteiger partial charge < -0.3 is 20.1 Å². The molecule has 3 N–H and O–H groups in total. The van der Waals surface area contributed by atoms with E-state index in [1.54, 1.807) is 18.2 Å². The number of aromatic hydroxyl groups is 1. The fourth-order valence-electron chi connectivity index (χ4n) is 3.56. The minimum Gasteiger partial charge on any atom is -0.505 e. The molecule has 4 rings (SSSR count). The van der Waals surface area contributed by atoms with Crippen molar-refractivity contribution < 1.29 is 28.6 Å². The predicted molar refractivity (Wildman–Crippen MR) is 94.2 cm³/mol. The Kier molecular flexibility index (Phi) is 3.95. The Morgan fingerprint density at radius 2 is 2.00 bits per heavy atom. The average molecular weight is 385 g/mol. The Labute approximate surface area is 158 Å². The number of carbonyl (C=O) groups is 3. The lowest BCUT2D eigenvalue weighted by Gasteiger charge is -2.31. The highest BCUT2D eigenvalue weighted by Gasteiger charge is 2.50. The molecular weight excluding hydrogens is 369 g/mol. The predicted octanol–water partition coefficient (Wildman–Crippen LogP) is 1.23. The minimum atomic E-state index is -1.65. The Morgan fingerprint density at radius 3 is 2.64 bits per heavy atom. The molecule has 0 saturated carbocycles. The Morgan fingerprint density at radius 1 is 1.21 bits per heavy atom. The molecule has 0 bridgehead atoms. The summed E-state index contributed by atoms with van der Waals surface area (Å²) in [6.45, 7) is 0.0434. The zero-order chi connectivity index (χ0) is 20.1. The van der Waals surface area contributed by atoms with Crippen molar-refractivity contribution in [2.24, 2.45) is 0 Å². The van der Waals surface area contributed by atoms with E-state index in [0.29, 0.717) is 11.3 Å². The van der Waals surface area contributed by atoms with Crippen LogP contribution in [-0.2, 0) is 16.9 Å². The van der Waals surface area contributed by atoms with Crippen LogP contribution in [0.15, 0.2) is 36.4 Å². The van der Waals surface area contributed by atoms with Crippen molar-refractivity contribution in [2.75, 3.05) is 13.7 Å². The number of halogens is 1. The van der Waals surface area contributed by atoms with Crippen molar-refractivity contribution in [3.8, 4) is 11.5 Å². The number of rotatable bonds is 4. The zero-order valence-electron chi connectivity index (χ0n) is 14.8. The van der Waals surface area contributed by atoms with Gasteiger partial charge in [0.25, 0.3) is 11.8 Å². The van der Waals surface area contributed by atoms with Crippen molar-refractivity contribution in [3.63, 3.8) is 0 Å². The quantitative estimate of drug-likeness (QED) is 0.686. The number of nitrogens with one attached hydrogen (secondary N) is 2. The first-order valence-corrected chi connectivity index (χ1v) is 8.43. The molecule has 9 heteroatoms. The molecule has 2 aliphatic heterocycles. The highest BCUT2D eigenvalue weighted by atomic mass is 19.1. The third-order valence-corrected chi connectivity index (χ3v) is 5.00. The molecule has 2 aromatic rings.